The number of aliphatic imine (C=N–C) groups is 1. The summed E-state index contributed by atoms with van der Waals surface area (Å²) >= 11 is 0. The van der Waals surface area contributed by atoms with Crippen LogP contribution >= 0.6 is 0 Å². The maximum atomic E-state index is 6.27. The molecule has 1 heterocycles. The Labute approximate surface area is 167 Å². The molecule has 2 unspecified atom stereocenters. The second kappa shape index (κ2) is 11.8. The summed E-state index contributed by atoms with van der Waals surface area (Å²) in [7, 11) is 1.67. The summed E-state index contributed by atoms with van der Waals surface area (Å²) in [6.07, 6.45) is 0. The lowest BCUT2D eigenvalue weighted by molar-refractivity contribution is -0.545. The molecule has 166 valence electrons. The normalized spacial score (nSPS) is 26.1. The van der Waals surface area contributed by atoms with Crippen molar-refractivity contribution in [2.45, 2.75) is 53.5 Å². The number of hydrogen-bond acceptors (Lipinski definition) is 12. The zero-order valence-electron chi connectivity index (χ0n) is 18.1. The van der Waals surface area contributed by atoms with Crippen LogP contribution in [0.4, 0.5) is 0 Å². The van der Waals surface area contributed by atoms with Crippen molar-refractivity contribution in [3.63, 3.8) is 0 Å². The number of nitrogens with one attached hydrogen (secondary N) is 1. The molecule has 0 spiro atoms. The van der Waals surface area contributed by atoms with E-state index >= 15 is 0 Å². The van der Waals surface area contributed by atoms with Crippen LogP contribution < -0.4 is 11.2 Å². The van der Waals surface area contributed by atoms with Gasteiger partial charge in [-0.2, -0.15) is 10.1 Å². The highest BCUT2D eigenvalue weighted by molar-refractivity contribution is 5.78. The second-order valence-corrected chi connectivity index (χ2v) is 5.39. The summed E-state index contributed by atoms with van der Waals surface area (Å²) in [6, 6.07) is 0. The molecule has 0 aromatic heterocycles. The van der Waals surface area contributed by atoms with Gasteiger partial charge >= 0.3 is 11.9 Å². The zero-order chi connectivity index (χ0) is 21.2. The summed E-state index contributed by atoms with van der Waals surface area (Å²) < 4.78 is 12.1. The number of nitrogens with zero attached hydrogens (tertiary/aromatic N) is 4. The fraction of sp³-hybridized carbons (Fsp3) is 0.938. The largest absolute Gasteiger partial charge is 0.368 e. The van der Waals surface area contributed by atoms with Gasteiger partial charge in [0.1, 0.15) is 0 Å². The van der Waals surface area contributed by atoms with Crippen molar-refractivity contribution in [2.24, 2.45) is 10.7 Å². The van der Waals surface area contributed by atoms with E-state index in [-0.39, 0.29) is 25.8 Å². The summed E-state index contributed by atoms with van der Waals surface area (Å²) in [6.45, 7) is 12.8. The van der Waals surface area contributed by atoms with E-state index in [2.05, 4.69) is 10.5 Å². The molecule has 0 fully saturated rings. The molecule has 1 aliphatic heterocycles. The number of hydroxylamine groups is 7. The molecule has 0 saturated heterocycles. The van der Waals surface area contributed by atoms with Crippen LogP contribution in [0.1, 0.15) is 41.5 Å². The molecule has 0 saturated carbocycles. The van der Waals surface area contributed by atoms with Gasteiger partial charge in [-0.15, -0.1) is 10.5 Å². The Morgan fingerprint density at radius 3 is 2.07 bits per heavy atom. The Bertz CT molecular complexity index is 487. The lowest BCUT2D eigenvalue weighted by atomic mass is 10.4. The van der Waals surface area contributed by atoms with Gasteiger partial charge in [-0.3, -0.25) is 19.4 Å². The van der Waals surface area contributed by atoms with Crippen LogP contribution in [-0.4, -0.2) is 79.8 Å². The highest BCUT2D eigenvalue weighted by Gasteiger charge is 2.64. The smallest absolute Gasteiger partial charge is 0.340 e. The summed E-state index contributed by atoms with van der Waals surface area (Å²) in [5.41, 5.74) is 9.06. The van der Waals surface area contributed by atoms with E-state index in [4.69, 9.17) is 34.6 Å². The van der Waals surface area contributed by atoms with Gasteiger partial charge in [-0.1, -0.05) is 5.06 Å². The van der Waals surface area contributed by atoms with Gasteiger partial charge in [0.25, 0.3) is 0 Å². The molecule has 28 heavy (non-hydrogen) atoms. The van der Waals surface area contributed by atoms with Crippen molar-refractivity contribution in [3.05, 3.63) is 0 Å². The molecule has 0 amide bonds. The summed E-state index contributed by atoms with van der Waals surface area (Å²) in [5, 5.41) is 4.06. The molecule has 0 aromatic carbocycles. The van der Waals surface area contributed by atoms with E-state index in [1.807, 2.05) is 41.5 Å². The van der Waals surface area contributed by atoms with Crippen molar-refractivity contribution in [1.82, 2.24) is 20.7 Å². The van der Waals surface area contributed by atoms with Gasteiger partial charge in [0.05, 0.1) is 26.4 Å². The molecular weight excluding hydrogens is 372 g/mol. The summed E-state index contributed by atoms with van der Waals surface area (Å²) in [4.78, 5) is 27.3. The van der Waals surface area contributed by atoms with Crippen LogP contribution in [0, 0.1) is 0 Å². The maximum Gasteiger partial charge on any atom is 0.340 e. The van der Waals surface area contributed by atoms with Gasteiger partial charge in [0.2, 0.25) is 5.96 Å². The molecule has 2 atom stereocenters. The Balaban J connectivity index is 3.71. The van der Waals surface area contributed by atoms with Crippen molar-refractivity contribution in [2.75, 3.05) is 46.7 Å². The van der Waals surface area contributed by atoms with Crippen LogP contribution in [0.15, 0.2) is 4.99 Å². The minimum absolute atomic E-state index is 0.0153. The Morgan fingerprint density at radius 1 is 0.929 bits per heavy atom. The molecule has 1 rings (SSSR count). The van der Waals surface area contributed by atoms with Crippen LogP contribution in [-0.2, 0) is 28.8 Å². The van der Waals surface area contributed by atoms with Gasteiger partial charge in [0, 0.05) is 20.3 Å². The van der Waals surface area contributed by atoms with E-state index in [1.54, 1.807) is 7.05 Å². The zero-order valence-corrected chi connectivity index (χ0v) is 18.1. The van der Waals surface area contributed by atoms with Crippen LogP contribution in [0.5, 0.6) is 0 Å². The Morgan fingerprint density at radius 2 is 1.57 bits per heavy atom. The Hall–Kier alpha value is -1.09. The lowest BCUT2D eigenvalue weighted by Gasteiger charge is -2.56. The molecule has 1 aliphatic rings. The molecule has 3 N–H and O–H groups in total. The number of rotatable bonds is 14. The lowest BCUT2D eigenvalue weighted by Crippen LogP contribution is -2.82. The Kier molecular flexibility index (Phi) is 10.5. The summed E-state index contributed by atoms with van der Waals surface area (Å²) in [5.74, 6) is -3.28. The third kappa shape index (κ3) is 4.90. The molecule has 0 aliphatic carbocycles. The van der Waals surface area contributed by atoms with Gasteiger partial charge in [0.15, 0.2) is 0 Å². The maximum absolute atomic E-state index is 6.27. The van der Waals surface area contributed by atoms with Crippen molar-refractivity contribution in [3.8, 4) is 0 Å². The van der Waals surface area contributed by atoms with Gasteiger partial charge in [-0.05, 0) is 41.5 Å². The minimum Gasteiger partial charge on any atom is -0.368 e. The van der Waals surface area contributed by atoms with E-state index in [9.17, 15) is 0 Å². The molecule has 12 heteroatoms. The molecule has 0 bridgehead atoms. The predicted molar refractivity (Wildman–Crippen MR) is 101 cm³/mol. The second-order valence-electron chi connectivity index (χ2n) is 5.39. The van der Waals surface area contributed by atoms with Crippen molar-refractivity contribution >= 4 is 5.96 Å². The topological polar surface area (TPSA) is 116 Å². The van der Waals surface area contributed by atoms with E-state index < -0.39 is 11.9 Å². The highest BCUT2D eigenvalue weighted by Crippen LogP contribution is 2.38. The first-order valence-electron chi connectivity index (χ1n) is 9.69. The van der Waals surface area contributed by atoms with Crippen molar-refractivity contribution in [1.29, 1.82) is 0 Å². The average Bonchev–Trinajstić information content (AvgIpc) is 2.66. The molecule has 0 aromatic rings. The highest BCUT2D eigenvalue weighted by atomic mass is 16.9. The fourth-order valence-electron chi connectivity index (χ4n) is 2.74. The average molecular weight is 409 g/mol. The van der Waals surface area contributed by atoms with Gasteiger partial charge in [-0.25, -0.2) is 0 Å². The van der Waals surface area contributed by atoms with Crippen LogP contribution in [0.25, 0.3) is 0 Å². The fourth-order valence-corrected chi connectivity index (χ4v) is 2.74. The number of ether oxygens (including phenoxy) is 2. The van der Waals surface area contributed by atoms with Crippen LogP contribution in [0.2, 0.25) is 0 Å². The standard InChI is InChI=1S/C16H36N6O6/c1-8-23-15(19-25-10-3)18-14(17)21(27-12-5)16(24-9-2,20(7)26-11-4)22(15)28-13-6/h19H,8-13H2,1-7H3,(H2,17,18). The van der Waals surface area contributed by atoms with Crippen LogP contribution in [0.3, 0.4) is 0 Å². The van der Waals surface area contributed by atoms with Gasteiger partial charge < -0.3 is 15.2 Å². The molecule has 12 nitrogen and oxygen atoms in total. The first-order valence-corrected chi connectivity index (χ1v) is 9.69. The van der Waals surface area contributed by atoms with E-state index in [1.165, 1.54) is 15.2 Å². The monoisotopic (exact) mass is 408 g/mol. The quantitative estimate of drug-likeness (QED) is 0.310. The predicted octanol–water partition coefficient (Wildman–Crippen LogP) is 0.542. The number of guanidine groups is 1. The minimum atomic E-state index is -1.65. The van der Waals surface area contributed by atoms with E-state index in [0.29, 0.717) is 19.8 Å². The third-order valence-electron chi connectivity index (χ3n) is 3.56. The first-order chi connectivity index (χ1) is 13.4. The van der Waals surface area contributed by atoms with E-state index in [0.717, 1.165) is 0 Å². The molecule has 0 radical (unpaired) electrons. The first kappa shape index (κ1) is 24.9. The third-order valence-corrected chi connectivity index (χ3v) is 3.56. The number of nitrogens with two attached hydrogens (primary N) is 1. The SMILES string of the molecule is CCONC1(OCC)N=C(N)N(OCC)C(OCC)(N(C)OCC)N1OCC. The number of hydrogen-bond donors (Lipinski definition) is 2. The van der Waals surface area contributed by atoms with Crippen molar-refractivity contribution < 1.29 is 28.8 Å². The molecular formula is C16H36N6O6.